The van der Waals surface area contributed by atoms with Crippen molar-refractivity contribution in [2.75, 3.05) is 5.73 Å². The Hall–Kier alpha value is -1.03. The summed E-state index contributed by atoms with van der Waals surface area (Å²) in [5.74, 6) is -0.316. The van der Waals surface area contributed by atoms with E-state index >= 15 is 0 Å². The molecule has 0 fully saturated rings. The highest BCUT2D eigenvalue weighted by molar-refractivity contribution is 7.16. The summed E-state index contributed by atoms with van der Waals surface area (Å²) in [5, 5.41) is 0.572. The van der Waals surface area contributed by atoms with Gasteiger partial charge in [0.15, 0.2) is 0 Å². The molecular formula is C16H27NO2S. The van der Waals surface area contributed by atoms with Crippen LogP contribution in [0.25, 0.3) is 0 Å². The number of nitrogens with two attached hydrogens (primary N) is 1. The van der Waals surface area contributed by atoms with Crippen molar-refractivity contribution in [2.45, 2.75) is 71.8 Å². The molecule has 1 rings (SSSR count). The number of unbranched alkanes of at least 4 members (excludes halogenated alkanes) is 4. The Morgan fingerprint density at radius 3 is 2.50 bits per heavy atom. The number of anilines is 1. The van der Waals surface area contributed by atoms with Gasteiger partial charge in [0.25, 0.3) is 0 Å². The van der Waals surface area contributed by atoms with Crippen LogP contribution in [0.1, 0.15) is 75.0 Å². The van der Waals surface area contributed by atoms with Crippen molar-refractivity contribution in [3.8, 4) is 0 Å². The summed E-state index contributed by atoms with van der Waals surface area (Å²) in [5.41, 5.74) is 5.97. The molecule has 0 atom stereocenters. The fourth-order valence-electron chi connectivity index (χ4n) is 1.98. The molecule has 0 aliphatic carbocycles. The minimum atomic E-state index is -0.480. The normalized spacial score (nSPS) is 11.6. The summed E-state index contributed by atoms with van der Waals surface area (Å²) in [6.45, 7) is 7.80. The fourth-order valence-corrected chi connectivity index (χ4v) is 2.93. The number of aryl methyl sites for hydroxylation is 1. The van der Waals surface area contributed by atoms with Gasteiger partial charge in [-0.15, -0.1) is 11.3 Å². The highest BCUT2D eigenvalue weighted by Gasteiger charge is 2.21. The number of esters is 1. The van der Waals surface area contributed by atoms with Crippen molar-refractivity contribution in [1.29, 1.82) is 0 Å². The molecule has 114 valence electrons. The third-order valence-corrected chi connectivity index (χ3v) is 3.98. The molecule has 1 aromatic rings. The van der Waals surface area contributed by atoms with Crippen LogP contribution in [0, 0.1) is 0 Å². The molecule has 20 heavy (non-hydrogen) atoms. The lowest BCUT2D eigenvalue weighted by Gasteiger charge is -2.19. The van der Waals surface area contributed by atoms with Gasteiger partial charge in [-0.2, -0.15) is 0 Å². The second-order valence-electron chi connectivity index (χ2n) is 6.16. The van der Waals surface area contributed by atoms with E-state index in [4.69, 9.17) is 10.5 Å². The number of nitrogen functional groups attached to an aromatic ring is 1. The molecule has 0 spiro atoms. The maximum atomic E-state index is 12.0. The Kier molecular flexibility index (Phi) is 6.53. The number of carbonyl (C=O) groups excluding carboxylic acids is 1. The number of carbonyl (C=O) groups is 1. The van der Waals surface area contributed by atoms with Gasteiger partial charge < -0.3 is 10.5 Å². The van der Waals surface area contributed by atoms with Crippen LogP contribution in [0.15, 0.2) is 6.07 Å². The molecule has 0 saturated heterocycles. The van der Waals surface area contributed by atoms with E-state index in [9.17, 15) is 4.79 Å². The molecule has 0 bridgehead atoms. The number of hydrogen-bond acceptors (Lipinski definition) is 4. The zero-order chi connectivity index (χ0) is 15.2. The number of hydrogen-bond donors (Lipinski definition) is 1. The molecule has 0 unspecified atom stereocenters. The first-order valence-corrected chi connectivity index (χ1v) is 8.26. The highest BCUT2D eigenvalue weighted by Crippen LogP contribution is 2.28. The first kappa shape index (κ1) is 17.0. The van der Waals surface area contributed by atoms with E-state index in [1.165, 1.54) is 41.9 Å². The number of thiophene rings is 1. The molecular weight excluding hydrogens is 270 g/mol. The van der Waals surface area contributed by atoms with Gasteiger partial charge in [-0.25, -0.2) is 4.79 Å². The molecule has 0 aliphatic heterocycles. The van der Waals surface area contributed by atoms with Crippen molar-refractivity contribution in [3.63, 3.8) is 0 Å². The predicted molar refractivity (Wildman–Crippen MR) is 86.4 cm³/mol. The molecule has 0 aliphatic rings. The third kappa shape index (κ3) is 5.95. The van der Waals surface area contributed by atoms with Crippen LogP contribution in [0.5, 0.6) is 0 Å². The largest absolute Gasteiger partial charge is 0.456 e. The fraction of sp³-hybridized carbons (Fsp3) is 0.688. The first-order chi connectivity index (χ1) is 9.33. The summed E-state index contributed by atoms with van der Waals surface area (Å²) >= 11 is 1.51. The molecule has 0 radical (unpaired) electrons. The van der Waals surface area contributed by atoms with Gasteiger partial charge >= 0.3 is 5.97 Å². The lowest BCUT2D eigenvalue weighted by Crippen LogP contribution is -2.24. The van der Waals surface area contributed by atoms with Gasteiger partial charge in [0.1, 0.15) is 10.6 Å². The van der Waals surface area contributed by atoms with E-state index in [0.29, 0.717) is 10.6 Å². The van der Waals surface area contributed by atoms with E-state index in [0.717, 1.165) is 12.8 Å². The predicted octanol–water partition coefficient (Wildman–Crippen LogP) is 4.80. The van der Waals surface area contributed by atoms with Gasteiger partial charge in [0.05, 0.1) is 5.56 Å². The van der Waals surface area contributed by atoms with Crippen LogP contribution < -0.4 is 5.73 Å². The van der Waals surface area contributed by atoms with Crippen LogP contribution in [0.4, 0.5) is 5.00 Å². The Labute approximate surface area is 126 Å². The standard InChI is InChI=1S/C16H27NO2S/c1-5-6-7-8-9-10-12-11-13(14(17)20-12)15(18)19-16(2,3)4/h11H,5-10,17H2,1-4H3. The maximum Gasteiger partial charge on any atom is 0.341 e. The lowest BCUT2D eigenvalue weighted by molar-refractivity contribution is 0.00712. The lowest BCUT2D eigenvalue weighted by atomic mass is 10.1. The van der Waals surface area contributed by atoms with Crippen LogP contribution in [0.2, 0.25) is 0 Å². The smallest absolute Gasteiger partial charge is 0.341 e. The summed E-state index contributed by atoms with van der Waals surface area (Å²) in [4.78, 5) is 13.2. The van der Waals surface area contributed by atoms with Crippen molar-refractivity contribution < 1.29 is 9.53 Å². The minimum Gasteiger partial charge on any atom is -0.456 e. The SMILES string of the molecule is CCCCCCCc1cc(C(=O)OC(C)(C)C)c(N)s1. The van der Waals surface area contributed by atoms with Gasteiger partial charge in [0.2, 0.25) is 0 Å². The van der Waals surface area contributed by atoms with E-state index in [1.54, 1.807) is 0 Å². The van der Waals surface area contributed by atoms with E-state index in [2.05, 4.69) is 6.92 Å². The molecule has 1 heterocycles. The summed E-state index contributed by atoms with van der Waals surface area (Å²) in [6.07, 6.45) is 7.25. The molecule has 2 N–H and O–H groups in total. The van der Waals surface area contributed by atoms with Crippen molar-refractivity contribution >= 4 is 22.3 Å². The van der Waals surface area contributed by atoms with Crippen molar-refractivity contribution in [1.82, 2.24) is 0 Å². The average Bonchev–Trinajstić information content (AvgIpc) is 2.68. The topological polar surface area (TPSA) is 52.3 Å². The zero-order valence-corrected chi connectivity index (χ0v) is 13.9. The second kappa shape index (κ2) is 7.67. The van der Waals surface area contributed by atoms with Gasteiger partial charge in [-0.05, 0) is 39.7 Å². The minimum absolute atomic E-state index is 0.316. The maximum absolute atomic E-state index is 12.0. The summed E-state index contributed by atoms with van der Waals surface area (Å²) < 4.78 is 5.36. The first-order valence-electron chi connectivity index (χ1n) is 7.45. The van der Waals surface area contributed by atoms with Gasteiger partial charge in [-0.1, -0.05) is 32.6 Å². The molecule has 0 amide bonds. The van der Waals surface area contributed by atoms with Gasteiger partial charge in [0, 0.05) is 4.88 Å². The Bertz CT molecular complexity index is 432. The summed E-state index contributed by atoms with van der Waals surface area (Å²) in [6, 6.07) is 1.90. The van der Waals surface area contributed by atoms with E-state index < -0.39 is 5.60 Å². The van der Waals surface area contributed by atoms with Crippen LogP contribution >= 0.6 is 11.3 Å². The Balaban J connectivity index is 2.52. The van der Waals surface area contributed by atoms with Crippen LogP contribution in [0.3, 0.4) is 0 Å². The second-order valence-corrected chi connectivity index (χ2v) is 7.33. The Morgan fingerprint density at radius 2 is 1.90 bits per heavy atom. The zero-order valence-electron chi connectivity index (χ0n) is 13.1. The Morgan fingerprint density at radius 1 is 1.25 bits per heavy atom. The van der Waals surface area contributed by atoms with E-state index in [-0.39, 0.29) is 5.97 Å². The van der Waals surface area contributed by atoms with E-state index in [1.807, 2.05) is 26.8 Å². The molecule has 3 nitrogen and oxygen atoms in total. The highest BCUT2D eigenvalue weighted by atomic mass is 32.1. The van der Waals surface area contributed by atoms with Crippen LogP contribution in [-0.4, -0.2) is 11.6 Å². The molecule has 1 aromatic heterocycles. The molecule has 0 aromatic carbocycles. The third-order valence-electron chi connectivity index (χ3n) is 2.96. The average molecular weight is 297 g/mol. The quantitative estimate of drug-likeness (QED) is 0.581. The van der Waals surface area contributed by atoms with Crippen molar-refractivity contribution in [2.24, 2.45) is 0 Å². The molecule has 0 saturated carbocycles. The molecule has 4 heteroatoms. The monoisotopic (exact) mass is 297 g/mol. The number of ether oxygens (including phenoxy) is 1. The van der Waals surface area contributed by atoms with Crippen molar-refractivity contribution in [3.05, 3.63) is 16.5 Å². The number of rotatable bonds is 7. The van der Waals surface area contributed by atoms with Crippen LogP contribution in [-0.2, 0) is 11.2 Å². The van der Waals surface area contributed by atoms with Gasteiger partial charge in [-0.3, -0.25) is 0 Å². The summed E-state index contributed by atoms with van der Waals surface area (Å²) in [7, 11) is 0.